The van der Waals surface area contributed by atoms with E-state index in [9.17, 15) is 9.59 Å². The van der Waals surface area contributed by atoms with Crippen molar-refractivity contribution in [1.82, 2.24) is 14.9 Å². The normalized spacial score (nSPS) is 12.3. The monoisotopic (exact) mass is 369 g/mol. The summed E-state index contributed by atoms with van der Waals surface area (Å²) in [5.41, 5.74) is 2.61. The van der Waals surface area contributed by atoms with Crippen LogP contribution in [0, 0.1) is 0 Å². The quantitative estimate of drug-likeness (QED) is 0.637. The van der Waals surface area contributed by atoms with Gasteiger partial charge in [-0.25, -0.2) is 4.98 Å². The zero-order chi connectivity index (χ0) is 18.7. The summed E-state index contributed by atoms with van der Waals surface area (Å²) in [4.78, 5) is 29.3. The van der Waals surface area contributed by atoms with Gasteiger partial charge >= 0.3 is 0 Å². The van der Waals surface area contributed by atoms with Crippen LogP contribution in [-0.2, 0) is 17.8 Å². The Morgan fingerprint density at radius 2 is 2.04 bits per heavy atom. The van der Waals surface area contributed by atoms with Gasteiger partial charge in [-0.15, -0.1) is 11.3 Å². The van der Waals surface area contributed by atoms with Crippen molar-refractivity contribution in [3.63, 3.8) is 0 Å². The van der Waals surface area contributed by atoms with Gasteiger partial charge in [0.15, 0.2) is 5.78 Å². The van der Waals surface area contributed by atoms with E-state index < -0.39 is 0 Å². The number of carbonyl (C=O) groups excluding carboxylic acids is 2. The summed E-state index contributed by atoms with van der Waals surface area (Å²) in [6.07, 6.45) is 3.34. The number of carbonyl (C=O) groups is 2. The number of amides is 1. The summed E-state index contributed by atoms with van der Waals surface area (Å²) >= 11 is 1.56. The van der Waals surface area contributed by atoms with Crippen molar-refractivity contribution in [3.05, 3.63) is 52.1 Å². The van der Waals surface area contributed by atoms with E-state index in [0.29, 0.717) is 18.5 Å². The van der Waals surface area contributed by atoms with Crippen LogP contribution in [-0.4, -0.2) is 21.2 Å². The molecule has 0 aliphatic carbocycles. The van der Waals surface area contributed by atoms with Gasteiger partial charge < -0.3 is 9.88 Å². The van der Waals surface area contributed by atoms with Gasteiger partial charge in [0.25, 0.3) is 0 Å². The van der Waals surface area contributed by atoms with Gasteiger partial charge in [-0.05, 0) is 25.8 Å². The van der Waals surface area contributed by atoms with E-state index in [1.807, 2.05) is 41.1 Å². The minimum atomic E-state index is -0.362. The lowest BCUT2D eigenvalue weighted by Gasteiger charge is -2.18. The lowest BCUT2D eigenvalue weighted by Crippen LogP contribution is -2.31. The third kappa shape index (κ3) is 3.55. The summed E-state index contributed by atoms with van der Waals surface area (Å²) in [7, 11) is 0. The molecule has 0 aliphatic heterocycles. The molecule has 6 heteroatoms. The predicted octanol–water partition coefficient (Wildman–Crippen LogP) is 4.13. The average Bonchev–Trinajstić information content (AvgIpc) is 3.25. The molecule has 0 saturated heterocycles. The largest absolute Gasteiger partial charge is 0.348 e. The number of thiazole rings is 1. The molecule has 0 fully saturated rings. The van der Waals surface area contributed by atoms with E-state index in [1.165, 1.54) is 0 Å². The van der Waals surface area contributed by atoms with Crippen LogP contribution in [0.4, 0.5) is 0 Å². The number of aromatic nitrogens is 2. The molecule has 0 saturated carbocycles. The Hall–Kier alpha value is -2.47. The first kappa shape index (κ1) is 18.3. The highest BCUT2D eigenvalue weighted by atomic mass is 32.1. The molecule has 5 nitrogen and oxygen atoms in total. The second-order valence-corrected chi connectivity index (χ2v) is 7.19. The van der Waals surface area contributed by atoms with Gasteiger partial charge in [0.05, 0.1) is 12.2 Å². The number of hydrogen-bond donors (Lipinski definition) is 1. The van der Waals surface area contributed by atoms with Crippen molar-refractivity contribution in [1.29, 1.82) is 0 Å². The van der Waals surface area contributed by atoms with Gasteiger partial charge in [0.1, 0.15) is 11.0 Å². The highest BCUT2D eigenvalue weighted by Gasteiger charge is 2.22. The van der Waals surface area contributed by atoms with Crippen molar-refractivity contribution in [3.8, 4) is 0 Å². The van der Waals surface area contributed by atoms with Crippen LogP contribution in [0.25, 0.3) is 10.9 Å². The summed E-state index contributed by atoms with van der Waals surface area (Å²) in [6, 6.07) is 7.35. The zero-order valence-corrected chi connectivity index (χ0v) is 16.1. The van der Waals surface area contributed by atoms with Crippen LogP contribution in [0.5, 0.6) is 0 Å². The highest BCUT2D eigenvalue weighted by molar-refractivity contribution is 7.09. The Bertz CT molecular complexity index is 942. The molecule has 26 heavy (non-hydrogen) atoms. The van der Waals surface area contributed by atoms with Crippen molar-refractivity contribution in [2.45, 2.75) is 46.2 Å². The van der Waals surface area contributed by atoms with Crippen LogP contribution in [0.3, 0.4) is 0 Å². The first-order valence-corrected chi connectivity index (χ1v) is 9.74. The van der Waals surface area contributed by atoms with Crippen molar-refractivity contribution in [2.24, 2.45) is 0 Å². The number of nitrogens with zero attached hydrogens (tertiary/aromatic N) is 2. The maximum atomic E-state index is 12.8. The lowest BCUT2D eigenvalue weighted by molar-refractivity contribution is -0.124. The fraction of sp³-hybridized carbons (Fsp3) is 0.350. The molecule has 1 aromatic carbocycles. The first-order valence-electron chi connectivity index (χ1n) is 8.86. The van der Waals surface area contributed by atoms with Gasteiger partial charge in [-0.1, -0.05) is 32.0 Å². The van der Waals surface area contributed by atoms with Crippen molar-refractivity contribution < 1.29 is 9.59 Å². The maximum Gasteiger partial charge on any atom is 0.243 e. The summed E-state index contributed by atoms with van der Waals surface area (Å²) in [5.74, 6) is -0.0540. The molecule has 0 aliphatic rings. The maximum absolute atomic E-state index is 12.8. The molecule has 1 amide bonds. The SMILES string of the molecule is CCc1csc(CNC(=O)C(CC)n2cc(C(C)=O)c3ccccc32)n1. The molecule has 1 unspecified atom stereocenters. The van der Waals surface area contributed by atoms with Crippen molar-refractivity contribution in [2.75, 3.05) is 0 Å². The fourth-order valence-corrected chi connectivity index (χ4v) is 3.94. The molecule has 3 rings (SSSR count). The fourth-order valence-electron chi connectivity index (χ4n) is 3.12. The highest BCUT2D eigenvalue weighted by Crippen LogP contribution is 2.27. The number of benzene rings is 1. The Morgan fingerprint density at radius 3 is 2.69 bits per heavy atom. The second kappa shape index (κ2) is 7.83. The number of Topliss-reactive ketones (excluding diaryl/α,β-unsaturated/α-hetero) is 1. The molecule has 1 atom stereocenters. The second-order valence-electron chi connectivity index (χ2n) is 6.25. The topological polar surface area (TPSA) is 64.0 Å². The smallest absolute Gasteiger partial charge is 0.243 e. The Morgan fingerprint density at radius 1 is 1.27 bits per heavy atom. The zero-order valence-electron chi connectivity index (χ0n) is 15.3. The van der Waals surface area contributed by atoms with Crippen LogP contribution in [0.15, 0.2) is 35.8 Å². The standard InChI is InChI=1S/C20H23N3O2S/c1-4-14-12-26-19(22-14)10-21-20(25)17(5-2)23-11-16(13(3)24)15-8-6-7-9-18(15)23/h6-9,11-12,17H,4-5,10H2,1-3H3,(H,21,25). The molecule has 0 bridgehead atoms. The number of fused-ring (bicyclic) bond motifs is 1. The van der Waals surface area contributed by atoms with Gasteiger partial charge in [0.2, 0.25) is 5.91 Å². The number of hydrogen-bond acceptors (Lipinski definition) is 4. The molecular weight excluding hydrogens is 346 g/mol. The van der Waals surface area contributed by atoms with E-state index in [-0.39, 0.29) is 17.7 Å². The van der Waals surface area contributed by atoms with Crippen LogP contribution >= 0.6 is 11.3 Å². The molecule has 3 aromatic rings. The molecular formula is C20H23N3O2S. The summed E-state index contributed by atoms with van der Waals surface area (Å²) in [6.45, 7) is 6.03. The van der Waals surface area contributed by atoms with Crippen molar-refractivity contribution >= 4 is 33.9 Å². The molecule has 1 N–H and O–H groups in total. The summed E-state index contributed by atoms with van der Waals surface area (Å²) < 4.78 is 1.92. The Labute approximate surface area is 157 Å². The molecule has 2 aromatic heterocycles. The first-order chi connectivity index (χ1) is 12.5. The third-order valence-corrected chi connectivity index (χ3v) is 5.42. The van der Waals surface area contributed by atoms with E-state index in [2.05, 4.69) is 17.2 Å². The number of para-hydroxylation sites is 1. The average molecular weight is 369 g/mol. The van der Waals surface area contributed by atoms with Crippen LogP contribution in [0.2, 0.25) is 0 Å². The van der Waals surface area contributed by atoms with Gasteiger partial charge in [-0.2, -0.15) is 0 Å². The van der Waals surface area contributed by atoms with Crippen LogP contribution in [0.1, 0.15) is 54.3 Å². The predicted molar refractivity (Wildman–Crippen MR) is 105 cm³/mol. The van der Waals surface area contributed by atoms with E-state index >= 15 is 0 Å². The molecule has 2 heterocycles. The lowest BCUT2D eigenvalue weighted by atomic mass is 10.1. The van der Waals surface area contributed by atoms with Gasteiger partial charge in [0, 0.05) is 28.0 Å². The summed E-state index contributed by atoms with van der Waals surface area (Å²) in [5, 5.41) is 6.81. The molecule has 136 valence electrons. The Kier molecular flexibility index (Phi) is 5.52. The third-order valence-electron chi connectivity index (χ3n) is 4.52. The minimum absolute atomic E-state index is 0.00471. The number of nitrogens with one attached hydrogen (secondary N) is 1. The van der Waals surface area contributed by atoms with E-state index in [0.717, 1.165) is 28.0 Å². The Balaban J connectivity index is 1.85. The minimum Gasteiger partial charge on any atom is -0.348 e. The van der Waals surface area contributed by atoms with E-state index in [4.69, 9.17) is 0 Å². The number of rotatable bonds is 7. The number of aryl methyl sites for hydroxylation is 1. The van der Waals surface area contributed by atoms with Gasteiger partial charge in [-0.3, -0.25) is 9.59 Å². The number of ketones is 1. The van der Waals surface area contributed by atoms with Crippen LogP contribution < -0.4 is 5.32 Å². The molecule has 0 radical (unpaired) electrons. The molecule has 0 spiro atoms. The van der Waals surface area contributed by atoms with E-state index in [1.54, 1.807) is 24.5 Å².